The van der Waals surface area contributed by atoms with Crippen LogP contribution in [0, 0.1) is 22.7 Å². The largest absolute Gasteiger partial charge is 0.385 e. The molecule has 0 spiro atoms. The molecule has 4 heteroatoms. The summed E-state index contributed by atoms with van der Waals surface area (Å²) in [6.07, 6.45) is 5.24. The maximum absolute atomic E-state index is 10.5. The summed E-state index contributed by atoms with van der Waals surface area (Å²) in [5, 5.41) is 19.9. The topological polar surface area (TPSA) is 61.8 Å². The maximum Gasteiger partial charge on any atom is 0.114 e. The lowest BCUT2D eigenvalue weighted by Gasteiger charge is -2.27. The molecule has 3 unspecified atom stereocenters. The number of aliphatic hydroxyl groups excluding tert-OH is 1. The summed E-state index contributed by atoms with van der Waals surface area (Å²) >= 11 is 0. The molecule has 2 rings (SSSR count). The van der Waals surface area contributed by atoms with Gasteiger partial charge in [0.15, 0.2) is 0 Å². The summed E-state index contributed by atoms with van der Waals surface area (Å²) < 4.78 is 1.91. The summed E-state index contributed by atoms with van der Waals surface area (Å²) in [5.41, 5.74) is 0.148. The second kappa shape index (κ2) is 4.50. The van der Waals surface area contributed by atoms with Crippen LogP contribution in [0.5, 0.6) is 0 Å². The van der Waals surface area contributed by atoms with Gasteiger partial charge in [0.25, 0.3) is 0 Å². The molecule has 0 amide bonds. The highest BCUT2D eigenvalue weighted by atomic mass is 16.3. The zero-order valence-corrected chi connectivity index (χ0v) is 10.4. The third-order valence-corrected chi connectivity index (χ3v) is 3.91. The van der Waals surface area contributed by atoms with Crippen LogP contribution >= 0.6 is 0 Å². The molecule has 17 heavy (non-hydrogen) atoms. The Morgan fingerprint density at radius 3 is 3.06 bits per heavy atom. The predicted octanol–water partition coefficient (Wildman–Crippen LogP) is 2.27. The first kappa shape index (κ1) is 12.1. The fourth-order valence-electron chi connectivity index (χ4n) is 2.85. The zero-order chi connectivity index (χ0) is 12.5. The van der Waals surface area contributed by atoms with Crippen LogP contribution in [-0.2, 0) is 6.54 Å². The molecular formula is C13H19N3O. The van der Waals surface area contributed by atoms with Gasteiger partial charge in [-0.1, -0.05) is 6.92 Å². The molecule has 0 bridgehead atoms. The lowest BCUT2D eigenvalue weighted by atomic mass is 9.80. The first-order chi connectivity index (χ1) is 8.13. The normalized spacial score (nSPS) is 30.1. The monoisotopic (exact) mass is 233 g/mol. The van der Waals surface area contributed by atoms with Crippen LogP contribution < -0.4 is 0 Å². The van der Waals surface area contributed by atoms with Crippen molar-refractivity contribution in [2.45, 2.75) is 45.8 Å². The average molecular weight is 233 g/mol. The zero-order valence-electron chi connectivity index (χ0n) is 10.4. The molecule has 1 saturated carbocycles. The van der Waals surface area contributed by atoms with Gasteiger partial charge in [-0.25, -0.2) is 4.98 Å². The molecule has 1 aromatic rings. The molecule has 1 aliphatic rings. The highest BCUT2D eigenvalue weighted by Crippen LogP contribution is 2.49. The minimum atomic E-state index is -0.722. The van der Waals surface area contributed by atoms with Crippen LogP contribution in [0.4, 0.5) is 0 Å². The Balaban J connectivity index is 2.30. The van der Waals surface area contributed by atoms with Gasteiger partial charge in [-0.15, -0.1) is 0 Å². The number of imidazole rings is 1. The number of aryl methyl sites for hydroxylation is 1. The van der Waals surface area contributed by atoms with Crippen molar-refractivity contribution in [3.63, 3.8) is 0 Å². The number of aromatic nitrogens is 2. The number of aliphatic hydroxyl groups is 1. The van der Waals surface area contributed by atoms with Crippen LogP contribution in [-0.4, -0.2) is 14.7 Å². The molecule has 0 saturated heterocycles. The maximum atomic E-state index is 10.5. The van der Waals surface area contributed by atoms with Crippen molar-refractivity contribution in [1.82, 2.24) is 9.55 Å². The smallest absolute Gasteiger partial charge is 0.114 e. The van der Waals surface area contributed by atoms with E-state index in [1.807, 2.05) is 11.5 Å². The van der Waals surface area contributed by atoms with Crippen molar-refractivity contribution in [2.75, 3.05) is 0 Å². The van der Waals surface area contributed by atoms with Gasteiger partial charge in [0, 0.05) is 6.54 Å². The standard InChI is InChI=1S/C13H19N3O/c1-3-16-9-15-7-11(16)12(17)13(8-14)5-4-10(2)6-13/h7,9-10,12,17H,3-6H2,1-2H3. The molecule has 0 aliphatic heterocycles. The molecule has 0 aromatic carbocycles. The van der Waals surface area contributed by atoms with Gasteiger partial charge in [0.05, 0.1) is 29.7 Å². The van der Waals surface area contributed by atoms with Gasteiger partial charge < -0.3 is 9.67 Å². The van der Waals surface area contributed by atoms with E-state index >= 15 is 0 Å². The van der Waals surface area contributed by atoms with Crippen LogP contribution in [0.15, 0.2) is 12.5 Å². The molecule has 1 heterocycles. The molecule has 92 valence electrons. The molecule has 0 radical (unpaired) electrons. The van der Waals surface area contributed by atoms with E-state index in [1.54, 1.807) is 12.5 Å². The number of hydrogen-bond donors (Lipinski definition) is 1. The minimum Gasteiger partial charge on any atom is -0.385 e. The molecule has 1 fully saturated rings. The quantitative estimate of drug-likeness (QED) is 0.871. The van der Waals surface area contributed by atoms with Gasteiger partial charge in [0.1, 0.15) is 6.10 Å². The second-order valence-electron chi connectivity index (χ2n) is 5.12. The third-order valence-electron chi connectivity index (χ3n) is 3.91. The van der Waals surface area contributed by atoms with Crippen molar-refractivity contribution < 1.29 is 5.11 Å². The minimum absolute atomic E-state index is 0.516. The highest BCUT2D eigenvalue weighted by Gasteiger charge is 2.45. The van der Waals surface area contributed by atoms with Gasteiger partial charge in [0.2, 0.25) is 0 Å². The third kappa shape index (κ3) is 1.96. The van der Waals surface area contributed by atoms with E-state index in [2.05, 4.69) is 18.0 Å². The predicted molar refractivity (Wildman–Crippen MR) is 63.9 cm³/mol. The summed E-state index contributed by atoms with van der Waals surface area (Å²) in [7, 11) is 0. The molecule has 1 aromatic heterocycles. The summed E-state index contributed by atoms with van der Waals surface area (Å²) in [6, 6.07) is 2.36. The van der Waals surface area contributed by atoms with Crippen LogP contribution in [0.3, 0.4) is 0 Å². The van der Waals surface area contributed by atoms with Crippen molar-refractivity contribution in [2.24, 2.45) is 11.3 Å². The number of nitrogens with zero attached hydrogens (tertiary/aromatic N) is 3. The van der Waals surface area contributed by atoms with Crippen molar-refractivity contribution >= 4 is 0 Å². The summed E-state index contributed by atoms with van der Waals surface area (Å²) in [4.78, 5) is 4.06. The molecule has 1 N–H and O–H groups in total. The molecule has 1 aliphatic carbocycles. The van der Waals surface area contributed by atoms with Crippen molar-refractivity contribution in [3.8, 4) is 6.07 Å². The number of rotatable bonds is 3. The molecule has 3 atom stereocenters. The number of nitriles is 1. The van der Waals surface area contributed by atoms with E-state index in [0.29, 0.717) is 5.92 Å². The van der Waals surface area contributed by atoms with Crippen molar-refractivity contribution in [3.05, 3.63) is 18.2 Å². The Morgan fingerprint density at radius 1 is 1.76 bits per heavy atom. The fraction of sp³-hybridized carbons (Fsp3) is 0.692. The van der Waals surface area contributed by atoms with E-state index in [-0.39, 0.29) is 0 Å². The van der Waals surface area contributed by atoms with E-state index in [1.165, 1.54) is 0 Å². The van der Waals surface area contributed by atoms with Crippen molar-refractivity contribution in [1.29, 1.82) is 5.26 Å². The Bertz CT molecular complexity index is 434. The molecule has 4 nitrogen and oxygen atoms in total. The average Bonchev–Trinajstić information content (AvgIpc) is 2.94. The van der Waals surface area contributed by atoms with Crippen LogP contribution in [0.1, 0.15) is 44.9 Å². The Kier molecular flexibility index (Phi) is 3.21. The van der Waals surface area contributed by atoms with Gasteiger partial charge in [-0.05, 0) is 32.1 Å². The van der Waals surface area contributed by atoms with E-state index in [4.69, 9.17) is 0 Å². The van der Waals surface area contributed by atoms with E-state index in [0.717, 1.165) is 31.5 Å². The summed E-state index contributed by atoms with van der Waals surface area (Å²) in [5.74, 6) is 0.516. The van der Waals surface area contributed by atoms with Gasteiger partial charge >= 0.3 is 0 Å². The fourth-order valence-corrected chi connectivity index (χ4v) is 2.85. The second-order valence-corrected chi connectivity index (χ2v) is 5.12. The lowest BCUT2D eigenvalue weighted by Crippen LogP contribution is -2.26. The lowest BCUT2D eigenvalue weighted by molar-refractivity contribution is 0.0579. The van der Waals surface area contributed by atoms with E-state index < -0.39 is 11.5 Å². The first-order valence-electron chi connectivity index (χ1n) is 6.22. The van der Waals surface area contributed by atoms with E-state index in [9.17, 15) is 10.4 Å². The van der Waals surface area contributed by atoms with Crippen LogP contribution in [0.25, 0.3) is 0 Å². The molecular weight excluding hydrogens is 214 g/mol. The Morgan fingerprint density at radius 2 is 2.53 bits per heavy atom. The summed E-state index contributed by atoms with van der Waals surface area (Å²) in [6.45, 7) is 4.92. The van der Waals surface area contributed by atoms with Gasteiger partial charge in [-0.3, -0.25) is 0 Å². The SMILES string of the molecule is CCn1cncc1C(O)C1(C#N)CCC(C)C1. The van der Waals surface area contributed by atoms with Crippen LogP contribution in [0.2, 0.25) is 0 Å². The van der Waals surface area contributed by atoms with Gasteiger partial charge in [-0.2, -0.15) is 5.26 Å². The first-order valence-corrected chi connectivity index (χ1v) is 6.22. The Hall–Kier alpha value is -1.34. The Labute approximate surface area is 102 Å². The highest BCUT2D eigenvalue weighted by molar-refractivity contribution is 5.16. The number of hydrogen-bond acceptors (Lipinski definition) is 3.